The smallest absolute Gasteiger partial charge is 0.369 e. The maximum absolute atomic E-state index is 12.6. The Morgan fingerprint density at radius 1 is 1.00 bits per heavy atom. The summed E-state index contributed by atoms with van der Waals surface area (Å²) < 4.78 is 37.8. The van der Waals surface area contributed by atoms with E-state index in [0.29, 0.717) is 5.69 Å². The number of amides is 1. The van der Waals surface area contributed by atoms with Gasteiger partial charge in [0.05, 0.1) is 12.1 Å². The van der Waals surface area contributed by atoms with Gasteiger partial charge in [-0.25, -0.2) is 0 Å². The van der Waals surface area contributed by atoms with Gasteiger partial charge in [-0.05, 0) is 55.3 Å². The van der Waals surface area contributed by atoms with Crippen molar-refractivity contribution in [3.05, 3.63) is 59.2 Å². The van der Waals surface area contributed by atoms with E-state index in [1.807, 2.05) is 0 Å². The van der Waals surface area contributed by atoms with Crippen LogP contribution in [-0.2, 0) is 11.0 Å². The lowest BCUT2D eigenvalue weighted by molar-refractivity contribution is -0.137. The normalized spacial score (nSPS) is 15.5. The van der Waals surface area contributed by atoms with Crippen LogP contribution in [0.4, 0.5) is 24.5 Å². The molecule has 4 nitrogen and oxygen atoms in total. The fourth-order valence-electron chi connectivity index (χ4n) is 3.37. The Morgan fingerprint density at radius 3 is 2.25 bits per heavy atom. The van der Waals surface area contributed by atoms with Gasteiger partial charge in [0.15, 0.2) is 0 Å². The van der Waals surface area contributed by atoms with Crippen LogP contribution in [0.5, 0.6) is 0 Å². The summed E-state index contributed by atoms with van der Waals surface area (Å²) in [6.45, 7) is 7.62. The van der Waals surface area contributed by atoms with Gasteiger partial charge in [0.1, 0.15) is 0 Å². The quantitative estimate of drug-likeness (QED) is 0.853. The number of carbonyl (C=O) groups is 1. The summed E-state index contributed by atoms with van der Waals surface area (Å²) in [7, 11) is 0. The molecule has 1 heterocycles. The molecule has 150 valence electrons. The first kappa shape index (κ1) is 20.2. The number of carbonyl (C=O) groups excluding carboxylic acids is 1. The van der Waals surface area contributed by atoms with Crippen molar-refractivity contribution in [2.45, 2.75) is 20.0 Å². The highest BCUT2D eigenvalue weighted by molar-refractivity contribution is 5.92. The van der Waals surface area contributed by atoms with Crippen LogP contribution in [0, 0.1) is 13.8 Å². The number of hydrogen-bond donors (Lipinski definition) is 1. The molecule has 0 bridgehead atoms. The molecule has 28 heavy (non-hydrogen) atoms. The minimum atomic E-state index is -4.38. The number of halogens is 3. The van der Waals surface area contributed by atoms with E-state index in [0.717, 1.165) is 38.3 Å². The summed E-state index contributed by atoms with van der Waals surface area (Å²) in [4.78, 5) is 16.6. The summed E-state index contributed by atoms with van der Waals surface area (Å²) in [6, 6.07) is 10.8. The third-order valence-corrected chi connectivity index (χ3v) is 5.15. The van der Waals surface area contributed by atoms with Gasteiger partial charge < -0.3 is 10.2 Å². The van der Waals surface area contributed by atoms with Crippen LogP contribution < -0.4 is 10.2 Å². The number of anilines is 2. The molecule has 2 aromatic rings. The van der Waals surface area contributed by atoms with E-state index in [9.17, 15) is 18.0 Å². The lowest BCUT2D eigenvalue weighted by Crippen LogP contribution is -2.48. The summed E-state index contributed by atoms with van der Waals surface area (Å²) >= 11 is 0. The van der Waals surface area contributed by atoms with Gasteiger partial charge in [-0.15, -0.1) is 0 Å². The second-order valence-corrected chi connectivity index (χ2v) is 7.11. The van der Waals surface area contributed by atoms with Gasteiger partial charge in [0.2, 0.25) is 5.91 Å². The summed E-state index contributed by atoms with van der Waals surface area (Å²) in [5.74, 6) is -0.222. The molecule has 2 aromatic carbocycles. The highest BCUT2D eigenvalue weighted by atomic mass is 19.4. The largest absolute Gasteiger partial charge is 0.416 e. The summed E-state index contributed by atoms with van der Waals surface area (Å²) in [5.41, 5.74) is 3.40. The van der Waals surface area contributed by atoms with Crippen LogP contribution in [0.1, 0.15) is 16.7 Å². The first-order valence-corrected chi connectivity index (χ1v) is 9.24. The lowest BCUT2D eigenvalue weighted by Gasteiger charge is -2.36. The zero-order chi connectivity index (χ0) is 20.3. The summed E-state index contributed by atoms with van der Waals surface area (Å²) in [6.07, 6.45) is -4.38. The molecule has 7 heteroatoms. The molecular weight excluding hydrogens is 367 g/mol. The Kier molecular flexibility index (Phi) is 5.93. The Labute approximate surface area is 162 Å². The topological polar surface area (TPSA) is 35.6 Å². The number of nitrogens with zero attached hydrogens (tertiary/aromatic N) is 2. The molecule has 0 aromatic heterocycles. The zero-order valence-electron chi connectivity index (χ0n) is 16.0. The predicted molar refractivity (Wildman–Crippen MR) is 105 cm³/mol. The Bertz CT molecular complexity index is 826. The van der Waals surface area contributed by atoms with Gasteiger partial charge in [-0.2, -0.15) is 13.2 Å². The van der Waals surface area contributed by atoms with Gasteiger partial charge >= 0.3 is 6.18 Å². The van der Waals surface area contributed by atoms with E-state index < -0.39 is 11.7 Å². The number of hydrogen-bond acceptors (Lipinski definition) is 3. The van der Waals surface area contributed by atoms with Crippen LogP contribution in [-0.4, -0.2) is 43.5 Å². The molecule has 1 aliphatic heterocycles. The third-order valence-electron chi connectivity index (χ3n) is 5.15. The molecule has 1 N–H and O–H groups in total. The Balaban J connectivity index is 1.50. The minimum Gasteiger partial charge on any atom is -0.369 e. The molecule has 1 saturated heterocycles. The van der Waals surface area contributed by atoms with Crippen molar-refractivity contribution in [2.24, 2.45) is 0 Å². The van der Waals surface area contributed by atoms with Gasteiger partial charge in [0, 0.05) is 37.6 Å². The van der Waals surface area contributed by atoms with Crippen LogP contribution in [0.2, 0.25) is 0 Å². The SMILES string of the molecule is Cc1cccc(N2CCN(CC(=O)Nc3ccc(C(F)(F)F)cc3)CC2)c1C. The summed E-state index contributed by atoms with van der Waals surface area (Å²) in [5, 5.41) is 2.67. The second kappa shape index (κ2) is 8.22. The number of alkyl halides is 3. The fraction of sp³-hybridized carbons (Fsp3) is 0.381. The van der Waals surface area contributed by atoms with E-state index in [2.05, 4.69) is 47.2 Å². The average Bonchev–Trinajstić information content (AvgIpc) is 2.64. The molecule has 1 amide bonds. The Hall–Kier alpha value is -2.54. The molecule has 0 atom stereocenters. The highest BCUT2D eigenvalue weighted by Gasteiger charge is 2.30. The van der Waals surface area contributed by atoms with Gasteiger partial charge in [0.25, 0.3) is 0 Å². The van der Waals surface area contributed by atoms with E-state index in [4.69, 9.17) is 0 Å². The van der Waals surface area contributed by atoms with E-state index in [-0.39, 0.29) is 12.5 Å². The second-order valence-electron chi connectivity index (χ2n) is 7.11. The van der Waals surface area contributed by atoms with Crippen LogP contribution >= 0.6 is 0 Å². The number of benzene rings is 2. The average molecular weight is 391 g/mol. The first-order chi connectivity index (χ1) is 13.2. The van der Waals surface area contributed by atoms with Crippen molar-refractivity contribution < 1.29 is 18.0 Å². The first-order valence-electron chi connectivity index (χ1n) is 9.24. The molecule has 0 aliphatic carbocycles. The van der Waals surface area contributed by atoms with Gasteiger partial charge in [-0.1, -0.05) is 12.1 Å². The van der Waals surface area contributed by atoms with E-state index in [1.165, 1.54) is 28.9 Å². The number of aryl methyl sites for hydroxylation is 1. The molecule has 0 unspecified atom stereocenters. The lowest BCUT2D eigenvalue weighted by atomic mass is 10.1. The van der Waals surface area contributed by atoms with E-state index >= 15 is 0 Å². The van der Waals surface area contributed by atoms with Crippen molar-refractivity contribution in [1.82, 2.24) is 4.90 Å². The van der Waals surface area contributed by atoms with Crippen molar-refractivity contribution >= 4 is 17.3 Å². The molecule has 0 radical (unpaired) electrons. The van der Waals surface area contributed by atoms with Crippen LogP contribution in [0.15, 0.2) is 42.5 Å². The van der Waals surface area contributed by atoms with Crippen LogP contribution in [0.3, 0.4) is 0 Å². The highest BCUT2D eigenvalue weighted by Crippen LogP contribution is 2.29. The van der Waals surface area contributed by atoms with Crippen molar-refractivity contribution in [2.75, 3.05) is 42.9 Å². The van der Waals surface area contributed by atoms with Crippen molar-refractivity contribution in [1.29, 1.82) is 0 Å². The number of nitrogens with one attached hydrogen (secondary N) is 1. The monoisotopic (exact) mass is 391 g/mol. The third kappa shape index (κ3) is 4.84. The molecule has 0 spiro atoms. The van der Waals surface area contributed by atoms with Crippen LogP contribution in [0.25, 0.3) is 0 Å². The fourth-order valence-corrected chi connectivity index (χ4v) is 3.37. The molecule has 1 aliphatic rings. The number of piperazine rings is 1. The number of rotatable bonds is 4. The van der Waals surface area contributed by atoms with Gasteiger partial charge in [-0.3, -0.25) is 9.69 Å². The van der Waals surface area contributed by atoms with E-state index in [1.54, 1.807) is 0 Å². The molecule has 3 rings (SSSR count). The standard InChI is InChI=1S/C21H24F3N3O/c1-15-4-3-5-19(16(15)2)27-12-10-26(11-13-27)14-20(28)25-18-8-6-17(7-9-18)21(22,23)24/h3-9H,10-14H2,1-2H3,(H,25,28). The molecule has 0 saturated carbocycles. The molecular formula is C21H24F3N3O. The maximum Gasteiger partial charge on any atom is 0.416 e. The van der Waals surface area contributed by atoms with Crippen molar-refractivity contribution in [3.63, 3.8) is 0 Å². The Morgan fingerprint density at radius 2 is 1.64 bits per heavy atom. The zero-order valence-corrected chi connectivity index (χ0v) is 16.0. The molecule has 1 fully saturated rings. The maximum atomic E-state index is 12.6. The predicted octanol–water partition coefficient (Wildman–Crippen LogP) is 4.08. The van der Waals surface area contributed by atoms with Crippen molar-refractivity contribution in [3.8, 4) is 0 Å². The minimum absolute atomic E-state index is 0.222.